The summed E-state index contributed by atoms with van der Waals surface area (Å²) < 4.78 is 47.8. The zero-order chi connectivity index (χ0) is 19.5. The van der Waals surface area contributed by atoms with Gasteiger partial charge in [-0.15, -0.1) is 0 Å². The van der Waals surface area contributed by atoms with Crippen molar-refractivity contribution < 1.29 is 27.4 Å². The highest BCUT2D eigenvalue weighted by Crippen LogP contribution is 2.18. The van der Waals surface area contributed by atoms with Gasteiger partial charge in [-0.25, -0.2) is 13.1 Å². The third kappa shape index (κ3) is 7.76. The molecule has 0 amide bonds. The molecule has 0 aliphatic heterocycles. The zero-order valence-electron chi connectivity index (χ0n) is 15.5. The van der Waals surface area contributed by atoms with Gasteiger partial charge in [-0.05, 0) is 55.5 Å². The lowest BCUT2D eigenvalue weighted by atomic mass is 10.3. The second-order valence-electron chi connectivity index (χ2n) is 5.49. The predicted molar refractivity (Wildman–Crippen MR) is 103 cm³/mol. The summed E-state index contributed by atoms with van der Waals surface area (Å²) in [6.45, 7) is 2.98. The Morgan fingerprint density at radius 3 is 1.78 bits per heavy atom. The van der Waals surface area contributed by atoms with E-state index in [1.54, 1.807) is 55.6 Å². The standard InChI is InChI=1S/C19H25NO6S/c1-3-24-17-8-10-18(11-9-17)25-13-12-20-27(21,22)15-14-26-19-6-4-16(23-2)5-7-19/h4-11,20H,3,12-15H2,1-2H3. The van der Waals surface area contributed by atoms with Crippen molar-refractivity contribution in [3.05, 3.63) is 48.5 Å². The van der Waals surface area contributed by atoms with E-state index in [1.165, 1.54) is 0 Å². The van der Waals surface area contributed by atoms with E-state index in [4.69, 9.17) is 18.9 Å². The molecule has 0 heterocycles. The van der Waals surface area contributed by atoms with Crippen LogP contribution in [0, 0.1) is 0 Å². The van der Waals surface area contributed by atoms with Crippen molar-refractivity contribution in [2.45, 2.75) is 6.92 Å². The summed E-state index contributed by atoms with van der Waals surface area (Å²) in [7, 11) is -1.86. The highest BCUT2D eigenvalue weighted by molar-refractivity contribution is 7.89. The number of hydrogen-bond donors (Lipinski definition) is 1. The highest BCUT2D eigenvalue weighted by atomic mass is 32.2. The van der Waals surface area contributed by atoms with Gasteiger partial charge in [0.2, 0.25) is 10.0 Å². The van der Waals surface area contributed by atoms with Crippen LogP contribution in [-0.4, -0.2) is 47.6 Å². The molecule has 0 saturated heterocycles. The fraction of sp³-hybridized carbons (Fsp3) is 0.368. The average molecular weight is 395 g/mol. The van der Waals surface area contributed by atoms with E-state index in [2.05, 4.69) is 4.72 Å². The summed E-state index contributed by atoms with van der Waals surface area (Å²) >= 11 is 0. The van der Waals surface area contributed by atoms with Crippen molar-refractivity contribution in [2.75, 3.05) is 39.2 Å². The van der Waals surface area contributed by atoms with Gasteiger partial charge in [-0.2, -0.15) is 0 Å². The molecule has 0 saturated carbocycles. The van der Waals surface area contributed by atoms with Crippen molar-refractivity contribution in [2.24, 2.45) is 0 Å². The molecule has 0 aromatic heterocycles. The first-order chi connectivity index (χ1) is 13.0. The topological polar surface area (TPSA) is 83.1 Å². The van der Waals surface area contributed by atoms with E-state index in [0.717, 1.165) is 5.75 Å². The molecule has 2 rings (SSSR count). The van der Waals surface area contributed by atoms with Crippen LogP contribution in [0.15, 0.2) is 48.5 Å². The smallest absolute Gasteiger partial charge is 0.215 e. The fourth-order valence-electron chi connectivity index (χ4n) is 2.18. The highest BCUT2D eigenvalue weighted by Gasteiger charge is 2.10. The van der Waals surface area contributed by atoms with Crippen molar-refractivity contribution in [3.63, 3.8) is 0 Å². The van der Waals surface area contributed by atoms with Gasteiger partial charge in [0.15, 0.2) is 0 Å². The monoisotopic (exact) mass is 395 g/mol. The van der Waals surface area contributed by atoms with Gasteiger partial charge in [0.05, 0.1) is 19.5 Å². The third-order valence-electron chi connectivity index (χ3n) is 3.51. The Kier molecular flexibility index (Phi) is 8.22. The molecule has 0 fully saturated rings. The van der Waals surface area contributed by atoms with Crippen molar-refractivity contribution in [1.29, 1.82) is 0 Å². The van der Waals surface area contributed by atoms with Gasteiger partial charge < -0.3 is 18.9 Å². The number of benzene rings is 2. The Morgan fingerprint density at radius 1 is 0.778 bits per heavy atom. The molecule has 0 spiro atoms. The van der Waals surface area contributed by atoms with Crippen molar-refractivity contribution in [3.8, 4) is 23.0 Å². The van der Waals surface area contributed by atoms with Crippen molar-refractivity contribution in [1.82, 2.24) is 4.72 Å². The van der Waals surface area contributed by atoms with Gasteiger partial charge >= 0.3 is 0 Å². The van der Waals surface area contributed by atoms with Gasteiger partial charge in [0, 0.05) is 6.54 Å². The second kappa shape index (κ2) is 10.6. The minimum atomic E-state index is -3.43. The number of nitrogens with one attached hydrogen (secondary N) is 1. The van der Waals surface area contributed by atoms with Crippen LogP contribution >= 0.6 is 0 Å². The van der Waals surface area contributed by atoms with Crippen LogP contribution in [0.1, 0.15) is 6.92 Å². The lowest BCUT2D eigenvalue weighted by molar-refractivity contribution is 0.318. The maximum atomic E-state index is 12.0. The molecule has 1 N–H and O–H groups in total. The average Bonchev–Trinajstić information content (AvgIpc) is 2.67. The number of ether oxygens (including phenoxy) is 4. The van der Waals surface area contributed by atoms with Crippen LogP contribution in [0.5, 0.6) is 23.0 Å². The number of methoxy groups -OCH3 is 1. The summed E-state index contributed by atoms with van der Waals surface area (Å²) in [4.78, 5) is 0. The third-order valence-corrected chi connectivity index (χ3v) is 4.86. The molecule has 2 aromatic rings. The second-order valence-corrected chi connectivity index (χ2v) is 7.42. The number of sulfonamides is 1. The van der Waals surface area contributed by atoms with Crippen LogP contribution in [0.4, 0.5) is 0 Å². The van der Waals surface area contributed by atoms with Crippen LogP contribution < -0.4 is 23.7 Å². The van der Waals surface area contributed by atoms with Gasteiger partial charge in [0.25, 0.3) is 0 Å². The van der Waals surface area contributed by atoms with E-state index < -0.39 is 10.0 Å². The Labute approximate surface area is 160 Å². The van der Waals surface area contributed by atoms with Gasteiger partial charge in [-0.3, -0.25) is 0 Å². The van der Waals surface area contributed by atoms with E-state index >= 15 is 0 Å². The maximum absolute atomic E-state index is 12.0. The first-order valence-electron chi connectivity index (χ1n) is 8.62. The molecule has 0 bridgehead atoms. The van der Waals surface area contributed by atoms with E-state index in [-0.39, 0.29) is 25.5 Å². The number of rotatable bonds is 12. The van der Waals surface area contributed by atoms with Crippen LogP contribution in [0.3, 0.4) is 0 Å². The largest absolute Gasteiger partial charge is 0.497 e. The molecule has 0 radical (unpaired) electrons. The molecule has 8 heteroatoms. The normalized spacial score (nSPS) is 11.0. The number of hydrogen-bond acceptors (Lipinski definition) is 6. The fourth-order valence-corrected chi connectivity index (χ4v) is 3.02. The molecule has 0 aliphatic rings. The maximum Gasteiger partial charge on any atom is 0.215 e. The van der Waals surface area contributed by atoms with Crippen LogP contribution in [-0.2, 0) is 10.0 Å². The Hall–Kier alpha value is -2.45. The van der Waals surface area contributed by atoms with Crippen LogP contribution in [0.25, 0.3) is 0 Å². The zero-order valence-corrected chi connectivity index (χ0v) is 16.3. The lowest BCUT2D eigenvalue weighted by Gasteiger charge is -2.10. The van der Waals surface area contributed by atoms with E-state index in [1.807, 2.05) is 6.92 Å². The Morgan fingerprint density at radius 2 is 1.26 bits per heavy atom. The Bertz CT molecular complexity index is 775. The van der Waals surface area contributed by atoms with E-state index in [9.17, 15) is 8.42 Å². The van der Waals surface area contributed by atoms with Gasteiger partial charge in [0.1, 0.15) is 36.2 Å². The molecular weight excluding hydrogens is 370 g/mol. The summed E-state index contributed by atoms with van der Waals surface area (Å²) in [6.07, 6.45) is 0. The first kappa shape index (κ1) is 20.9. The predicted octanol–water partition coefficient (Wildman–Crippen LogP) is 2.47. The summed E-state index contributed by atoms with van der Waals surface area (Å²) in [5.41, 5.74) is 0. The molecule has 2 aromatic carbocycles. The van der Waals surface area contributed by atoms with Crippen molar-refractivity contribution >= 4 is 10.0 Å². The summed E-state index contributed by atoms with van der Waals surface area (Å²) in [5, 5.41) is 0. The molecule has 27 heavy (non-hydrogen) atoms. The van der Waals surface area contributed by atoms with Gasteiger partial charge in [-0.1, -0.05) is 0 Å². The molecule has 0 atom stereocenters. The van der Waals surface area contributed by atoms with E-state index in [0.29, 0.717) is 23.9 Å². The molecule has 0 unspecified atom stereocenters. The summed E-state index contributed by atoms with van der Waals surface area (Å²) in [6, 6.07) is 14.1. The lowest BCUT2D eigenvalue weighted by Crippen LogP contribution is -2.32. The molecule has 7 nitrogen and oxygen atoms in total. The molecule has 0 aliphatic carbocycles. The SMILES string of the molecule is CCOc1ccc(OCCNS(=O)(=O)CCOc2ccc(OC)cc2)cc1. The van der Waals surface area contributed by atoms with Crippen LogP contribution in [0.2, 0.25) is 0 Å². The quantitative estimate of drug-likeness (QED) is 0.556. The molecular formula is C19H25NO6S. The minimum Gasteiger partial charge on any atom is -0.497 e. The first-order valence-corrected chi connectivity index (χ1v) is 10.3. The molecule has 148 valence electrons. The Balaban J connectivity index is 1.65. The minimum absolute atomic E-state index is 0.0570. The summed E-state index contributed by atoms with van der Waals surface area (Å²) in [5.74, 6) is 2.58.